The number of hydrogen-bond acceptors (Lipinski definition) is 5. The monoisotopic (exact) mass is 376 g/mol. The van der Waals surface area contributed by atoms with Crippen molar-refractivity contribution in [3.63, 3.8) is 0 Å². The first kappa shape index (κ1) is 20.4. The normalized spacial score (nSPS) is 12.8. The second-order valence-corrected chi connectivity index (χ2v) is 7.80. The van der Waals surface area contributed by atoms with Crippen molar-refractivity contribution in [1.29, 1.82) is 0 Å². The van der Waals surface area contributed by atoms with Crippen LogP contribution in [0.2, 0.25) is 5.02 Å². The minimum atomic E-state index is -3.82. The number of amides is 1. The van der Waals surface area contributed by atoms with Crippen LogP contribution in [0.4, 0.5) is 0 Å². The summed E-state index contributed by atoms with van der Waals surface area (Å²) in [4.78, 5) is 23.7. The van der Waals surface area contributed by atoms with Gasteiger partial charge in [0.05, 0.1) is 10.6 Å². The van der Waals surface area contributed by atoms with Crippen LogP contribution in [0, 0.1) is 5.92 Å². The van der Waals surface area contributed by atoms with Crippen LogP contribution in [0.1, 0.15) is 31.1 Å². The number of sulfonamides is 1. The summed E-state index contributed by atoms with van der Waals surface area (Å²) in [6, 6.07) is 3.72. The smallest absolute Gasteiger partial charge is 0.338 e. The van der Waals surface area contributed by atoms with Gasteiger partial charge in [0.1, 0.15) is 4.90 Å². The largest absolute Gasteiger partial charge is 0.449 e. The van der Waals surface area contributed by atoms with Gasteiger partial charge in [0, 0.05) is 6.54 Å². The quantitative estimate of drug-likeness (QED) is 0.703. The number of rotatable bonds is 7. The van der Waals surface area contributed by atoms with E-state index in [4.69, 9.17) is 16.3 Å². The molecule has 134 valence electrons. The maximum Gasteiger partial charge on any atom is 0.338 e. The minimum absolute atomic E-state index is 0.0169. The first-order valence-corrected chi connectivity index (χ1v) is 9.16. The summed E-state index contributed by atoms with van der Waals surface area (Å²) < 4.78 is 30.9. The summed E-state index contributed by atoms with van der Waals surface area (Å²) >= 11 is 5.86. The summed E-state index contributed by atoms with van der Waals surface area (Å²) in [6.07, 6.45) is -1.00. The number of benzene rings is 1. The van der Waals surface area contributed by atoms with Crippen molar-refractivity contribution >= 4 is 33.5 Å². The molecule has 1 rings (SSSR count). The van der Waals surface area contributed by atoms with Crippen LogP contribution < -0.4 is 10.0 Å². The Morgan fingerprint density at radius 2 is 1.88 bits per heavy atom. The minimum Gasteiger partial charge on any atom is -0.449 e. The SMILES string of the molecule is CNS(=O)(=O)c1cc(C(=O)O[C@@H](C)C(=O)NCC(C)C)ccc1Cl. The number of carbonyl (C=O) groups excluding carboxylic acids is 2. The summed E-state index contributed by atoms with van der Waals surface area (Å²) in [5.41, 5.74) is -0.0169. The topological polar surface area (TPSA) is 102 Å². The van der Waals surface area contributed by atoms with Crippen LogP contribution >= 0.6 is 11.6 Å². The van der Waals surface area contributed by atoms with Crippen LogP contribution in [-0.4, -0.2) is 40.0 Å². The lowest BCUT2D eigenvalue weighted by atomic mass is 10.2. The highest BCUT2D eigenvalue weighted by molar-refractivity contribution is 7.89. The molecule has 0 saturated heterocycles. The average molecular weight is 377 g/mol. The van der Waals surface area contributed by atoms with Crippen LogP contribution in [0.5, 0.6) is 0 Å². The lowest BCUT2D eigenvalue weighted by Gasteiger charge is -2.15. The van der Waals surface area contributed by atoms with Crippen molar-refractivity contribution in [1.82, 2.24) is 10.0 Å². The number of hydrogen-bond donors (Lipinski definition) is 2. The van der Waals surface area contributed by atoms with Gasteiger partial charge in [-0.1, -0.05) is 25.4 Å². The molecular formula is C15H21ClN2O5S. The third-order valence-electron chi connectivity index (χ3n) is 3.06. The Labute approximate surface area is 146 Å². The lowest BCUT2D eigenvalue weighted by molar-refractivity contribution is -0.129. The average Bonchev–Trinajstić information content (AvgIpc) is 2.52. The van der Waals surface area contributed by atoms with Gasteiger partial charge in [0.2, 0.25) is 10.0 Å². The summed E-state index contributed by atoms with van der Waals surface area (Å²) in [7, 11) is -2.58. The fourth-order valence-corrected chi connectivity index (χ4v) is 2.93. The number of esters is 1. The zero-order valence-corrected chi connectivity index (χ0v) is 15.5. The fourth-order valence-electron chi connectivity index (χ4n) is 1.68. The van der Waals surface area contributed by atoms with Crippen LogP contribution in [0.15, 0.2) is 23.1 Å². The van der Waals surface area contributed by atoms with Gasteiger partial charge < -0.3 is 10.1 Å². The highest BCUT2D eigenvalue weighted by Gasteiger charge is 2.22. The zero-order chi connectivity index (χ0) is 18.5. The second-order valence-electron chi connectivity index (χ2n) is 5.54. The molecule has 1 atom stereocenters. The predicted octanol–water partition coefficient (Wildman–Crippen LogP) is 1.57. The lowest BCUT2D eigenvalue weighted by Crippen LogP contribution is -2.37. The standard InChI is InChI=1S/C15H21ClN2O5S/c1-9(2)8-18-14(19)10(3)23-15(20)11-5-6-12(16)13(7-11)24(21,22)17-4/h5-7,9-10,17H,8H2,1-4H3,(H,18,19)/t10-/m0/s1. The van der Waals surface area contributed by atoms with E-state index in [1.54, 1.807) is 0 Å². The molecule has 0 saturated carbocycles. The molecule has 0 radical (unpaired) electrons. The van der Waals surface area contributed by atoms with Gasteiger partial charge in [0.15, 0.2) is 6.10 Å². The summed E-state index contributed by atoms with van der Waals surface area (Å²) in [5, 5.41) is 2.63. The molecule has 9 heteroatoms. The van der Waals surface area contributed by atoms with Crippen LogP contribution in [0.25, 0.3) is 0 Å². The second kappa shape index (κ2) is 8.46. The van der Waals surface area contributed by atoms with Gasteiger partial charge in [0.25, 0.3) is 5.91 Å². The molecule has 1 aromatic carbocycles. The molecule has 0 bridgehead atoms. The fraction of sp³-hybridized carbons (Fsp3) is 0.467. The Morgan fingerprint density at radius 3 is 2.42 bits per heavy atom. The molecular weight excluding hydrogens is 356 g/mol. The van der Waals surface area contributed by atoms with E-state index < -0.39 is 28.0 Å². The van der Waals surface area contributed by atoms with Crippen molar-refractivity contribution < 1.29 is 22.7 Å². The Bertz CT molecular complexity index is 719. The molecule has 0 aromatic heterocycles. The molecule has 0 heterocycles. The van der Waals surface area contributed by atoms with Crippen molar-refractivity contribution in [2.75, 3.05) is 13.6 Å². The van der Waals surface area contributed by atoms with Crippen molar-refractivity contribution in [2.24, 2.45) is 5.92 Å². The molecule has 7 nitrogen and oxygen atoms in total. The van der Waals surface area contributed by atoms with Gasteiger partial charge in [-0.25, -0.2) is 17.9 Å². The molecule has 0 aliphatic heterocycles. The number of carbonyl (C=O) groups is 2. The molecule has 0 aliphatic rings. The molecule has 24 heavy (non-hydrogen) atoms. The Morgan fingerprint density at radius 1 is 1.25 bits per heavy atom. The molecule has 1 aromatic rings. The van der Waals surface area contributed by atoms with E-state index in [0.29, 0.717) is 6.54 Å². The first-order chi connectivity index (χ1) is 11.1. The molecule has 0 aliphatic carbocycles. The maximum atomic E-state index is 12.1. The number of nitrogens with one attached hydrogen (secondary N) is 2. The Balaban J connectivity index is 2.89. The van der Waals surface area contributed by atoms with E-state index >= 15 is 0 Å². The Kier molecular flexibility index (Phi) is 7.19. The van der Waals surface area contributed by atoms with E-state index in [2.05, 4.69) is 10.0 Å². The Hall–Kier alpha value is -1.64. The van der Waals surface area contributed by atoms with Crippen LogP contribution in [0.3, 0.4) is 0 Å². The van der Waals surface area contributed by atoms with Crippen molar-refractivity contribution in [3.8, 4) is 0 Å². The highest BCUT2D eigenvalue weighted by atomic mass is 35.5. The van der Waals surface area contributed by atoms with Gasteiger partial charge in [-0.15, -0.1) is 0 Å². The number of ether oxygens (including phenoxy) is 1. The van der Waals surface area contributed by atoms with Crippen molar-refractivity contribution in [2.45, 2.75) is 31.8 Å². The third-order valence-corrected chi connectivity index (χ3v) is 4.96. The molecule has 2 N–H and O–H groups in total. The molecule has 0 fully saturated rings. The van der Waals surface area contributed by atoms with Crippen LogP contribution in [-0.2, 0) is 19.6 Å². The molecule has 0 unspecified atom stereocenters. The summed E-state index contributed by atoms with van der Waals surface area (Å²) in [5.74, 6) is -0.970. The zero-order valence-electron chi connectivity index (χ0n) is 13.9. The first-order valence-electron chi connectivity index (χ1n) is 7.30. The summed E-state index contributed by atoms with van der Waals surface area (Å²) in [6.45, 7) is 5.78. The molecule has 1 amide bonds. The van der Waals surface area contributed by atoms with Crippen molar-refractivity contribution in [3.05, 3.63) is 28.8 Å². The third kappa shape index (κ3) is 5.47. The van der Waals surface area contributed by atoms with E-state index in [-0.39, 0.29) is 21.4 Å². The highest BCUT2D eigenvalue weighted by Crippen LogP contribution is 2.23. The van der Waals surface area contributed by atoms with Gasteiger partial charge in [-0.2, -0.15) is 0 Å². The molecule has 0 spiro atoms. The van der Waals surface area contributed by atoms with E-state index in [9.17, 15) is 18.0 Å². The van der Waals surface area contributed by atoms with E-state index in [1.165, 1.54) is 26.1 Å². The van der Waals surface area contributed by atoms with Gasteiger partial charge in [-0.3, -0.25) is 4.79 Å². The van der Waals surface area contributed by atoms with Gasteiger partial charge >= 0.3 is 5.97 Å². The van der Waals surface area contributed by atoms with Gasteiger partial charge in [-0.05, 0) is 38.1 Å². The van der Waals surface area contributed by atoms with E-state index in [0.717, 1.165) is 6.07 Å². The maximum absolute atomic E-state index is 12.1. The number of halogens is 1. The predicted molar refractivity (Wildman–Crippen MR) is 90.4 cm³/mol. The van der Waals surface area contributed by atoms with E-state index in [1.807, 2.05) is 13.8 Å².